The molecule has 2 rings (SSSR count). The summed E-state index contributed by atoms with van der Waals surface area (Å²) in [5.41, 5.74) is 5.87. The summed E-state index contributed by atoms with van der Waals surface area (Å²) < 4.78 is 5.70. The summed E-state index contributed by atoms with van der Waals surface area (Å²) in [6.07, 6.45) is 5.52. The molecule has 2 unspecified atom stereocenters. The van der Waals surface area contributed by atoms with Gasteiger partial charge < -0.3 is 10.5 Å². The van der Waals surface area contributed by atoms with E-state index in [0.29, 0.717) is 5.92 Å². The SMILES string of the molecule is CC1(C)CN(CC2C=CC(N)C2)CCO1. The van der Waals surface area contributed by atoms with Gasteiger partial charge in [-0.15, -0.1) is 0 Å². The molecule has 1 saturated heterocycles. The van der Waals surface area contributed by atoms with Crippen LogP contribution in [0.2, 0.25) is 0 Å². The maximum atomic E-state index is 5.85. The van der Waals surface area contributed by atoms with Crippen LogP contribution in [0.4, 0.5) is 0 Å². The molecule has 1 heterocycles. The zero-order chi connectivity index (χ0) is 10.9. The fraction of sp³-hybridized carbons (Fsp3) is 0.833. The highest BCUT2D eigenvalue weighted by Gasteiger charge is 2.28. The van der Waals surface area contributed by atoms with Crippen LogP contribution in [-0.2, 0) is 4.74 Å². The number of nitrogens with two attached hydrogens (primary N) is 1. The molecule has 0 amide bonds. The Labute approximate surface area is 92.3 Å². The number of hydrogen-bond donors (Lipinski definition) is 1. The number of morpholine rings is 1. The number of ether oxygens (including phenoxy) is 1. The Hall–Kier alpha value is -0.380. The topological polar surface area (TPSA) is 38.5 Å². The van der Waals surface area contributed by atoms with Crippen LogP contribution in [0.15, 0.2) is 12.2 Å². The second-order valence-electron chi connectivity index (χ2n) is 5.39. The van der Waals surface area contributed by atoms with Crippen molar-refractivity contribution in [2.45, 2.75) is 31.9 Å². The van der Waals surface area contributed by atoms with Gasteiger partial charge in [0.15, 0.2) is 0 Å². The van der Waals surface area contributed by atoms with Gasteiger partial charge in [0.05, 0.1) is 12.2 Å². The van der Waals surface area contributed by atoms with Crippen molar-refractivity contribution in [1.29, 1.82) is 0 Å². The normalized spacial score (nSPS) is 35.9. The number of rotatable bonds is 2. The van der Waals surface area contributed by atoms with Gasteiger partial charge >= 0.3 is 0 Å². The summed E-state index contributed by atoms with van der Waals surface area (Å²) in [7, 11) is 0. The van der Waals surface area contributed by atoms with E-state index in [1.165, 1.54) is 0 Å². The lowest BCUT2D eigenvalue weighted by molar-refractivity contribution is -0.0878. The number of hydrogen-bond acceptors (Lipinski definition) is 3. The van der Waals surface area contributed by atoms with Gasteiger partial charge in [-0.3, -0.25) is 4.90 Å². The van der Waals surface area contributed by atoms with E-state index in [1.54, 1.807) is 0 Å². The molecule has 1 aliphatic heterocycles. The third-order valence-corrected chi connectivity index (χ3v) is 3.20. The van der Waals surface area contributed by atoms with Crippen molar-refractivity contribution in [1.82, 2.24) is 4.90 Å². The van der Waals surface area contributed by atoms with Crippen molar-refractivity contribution in [2.24, 2.45) is 11.7 Å². The third kappa shape index (κ3) is 3.03. The van der Waals surface area contributed by atoms with Crippen molar-refractivity contribution >= 4 is 0 Å². The summed E-state index contributed by atoms with van der Waals surface area (Å²) in [6, 6.07) is 0.282. The lowest BCUT2D eigenvalue weighted by Crippen LogP contribution is -2.49. The first-order valence-corrected chi connectivity index (χ1v) is 5.85. The zero-order valence-electron chi connectivity index (χ0n) is 9.78. The van der Waals surface area contributed by atoms with Crippen LogP contribution in [0.3, 0.4) is 0 Å². The molecule has 2 N–H and O–H groups in total. The molecule has 0 aromatic rings. The van der Waals surface area contributed by atoms with Crippen LogP contribution in [0.1, 0.15) is 20.3 Å². The Kier molecular flexibility index (Phi) is 3.14. The molecule has 0 radical (unpaired) electrons. The Morgan fingerprint density at radius 1 is 1.47 bits per heavy atom. The van der Waals surface area contributed by atoms with E-state index in [1.807, 2.05) is 0 Å². The Bertz CT molecular complexity index is 250. The fourth-order valence-electron chi connectivity index (χ4n) is 2.54. The predicted molar refractivity (Wildman–Crippen MR) is 61.7 cm³/mol. The average Bonchev–Trinajstić information content (AvgIpc) is 2.49. The van der Waals surface area contributed by atoms with E-state index in [-0.39, 0.29) is 11.6 Å². The molecule has 2 aliphatic rings. The van der Waals surface area contributed by atoms with E-state index >= 15 is 0 Å². The van der Waals surface area contributed by atoms with E-state index < -0.39 is 0 Å². The monoisotopic (exact) mass is 210 g/mol. The molecule has 2 atom stereocenters. The molecule has 86 valence electrons. The Balaban J connectivity index is 1.82. The molecule has 0 saturated carbocycles. The van der Waals surface area contributed by atoms with Gasteiger partial charge in [-0.25, -0.2) is 0 Å². The molecular weight excluding hydrogens is 188 g/mol. The van der Waals surface area contributed by atoms with Gasteiger partial charge in [0.2, 0.25) is 0 Å². The van der Waals surface area contributed by atoms with E-state index in [9.17, 15) is 0 Å². The van der Waals surface area contributed by atoms with Crippen molar-refractivity contribution in [3.63, 3.8) is 0 Å². The minimum Gasteiger partial charge on any atom is -0.373 e. The molecule has 1 aliphatic carbocycles. The predicted octanol–water partition coefficient (Wildman–Crippen LogP) is 1.00. The van der Waals surface area contributed by atoms with Gasteiger partial charge in [-0.1, -0.05) is 12.2 Å². The first kappa shape index (κ1) is 11.1. The summed E-state index contributed by atoms with van der Waals surface area (Å²) in [5.74, 6) is 0.647. The molecule has 3 heteroatoms. The van der Waals surface area contributed by atoms with Crippen LogP contribution in [0, 0.1) is 5.92 Å². The van der Waals surface area contributed by atoms with Crippen molar-refractivity contribution < 1.29 is 4.74 Å². The fourth-order valence-corrected chi connectivity index (χ4v) is 2.54. The molecule has 15 heavy (non-hydrogen) atoms. The second kappa shape index (κ2) is 4.24. The maximum absolute atomic E-state index is 5.85. The highest BCUT2D eigenvalue weighted by Crippen LogP contribution is 2.21. The number of nitrogens with zero attached hydrogens (tertiary/aromatic N) is 1. The van der Waals surface area contributed by atoms with E-state index in [0.717, 1.165) is 32.7 Å². The van der Waals surface area contributed by atoms with Crippen LogP contribution in [0.25, 0.3) is 0 Å². The highest BCUT2D eigenvalue weighted by molar-refractivity contribution is 5.05. The van der Waals surface area contributed by atoms with Gasteiger partial charge in [-0.05, 0) is 26.2 Å². The van der Waals surface area contributed by atoms with E-state index in [4.69, 9.17) is 10.5 Å². The lowest BCUT2D eigenvalue weighted by Gasteiger charge is -2.39. The largest absolute Gasteiger partial charge is 0.373 e. The molecule has 3 nitrogen and oxygen atoms in total. The second-order valence-corrected chi connectivity index (χ2v) is 5.39. The molecule has 0 bridgehead atoms. The molecule has 1 fully saturated rings. The lowest BCUT2D eigenvalue weighted by atomic mass is 10.0. The summed E-state index contributed by atoms with van der Waals surface area (Å²) in [6.45, 7) is 8.41. The summed E-state index contributed by atoms with van der Waals surface area (Å²) in [4.78, 5) is 2.50. The smallest absolute Gasteiger partial charge is 0.0753 e. The highest BCUT2D eigenvalue weighted by atomic mass is 16.5. The minimum atomic E-state index is 0.0166. The molecule has 0 aromatic heterocycles. The van der Waals surface area contributed by atoms with Crippen LogP contribution in [0.5, 0.6) is 0 Å². The summed E-state index contributed by atoms with van der Waals surface area (Å²) >= 11 is 0. The van der Waals surface area contributed by atoms with Gasteiger partial charge in [0.25, 0.3) is 0 Å². The third-order valence-electron chi connectivity index (χ3n) is 3.20. The van der Waals surface area contributed by atoms with Gasteiger partial charge in [0.1, 0.15) is 0 Å². The molecule has 0 aromatic carbocycles. The maximum Gasteiger partial charge on any atom is 0.0753 e. The van der Waals surface area contributed by atoms with Crippen LogP contribution < -0.4 is 5.73 Å². The van der Waals surface area contributed by atoms with Crippen molar-refractivity contribution in [3.05, 3.63) is 12.2 Å². The van der Waals surface area contributed by atoms with Crippen molar-refractivity contribution in [2.75, 3.05) is 26.2 Å². The van der Waals surface area contributed by atoms with Crippen LogP contribution >= 0.6 is 0 Å². The first-order valence-electron chi connectivity index (χ1n) is 5.85. The quantitative estimate of drug-likeness (QED) is 0.691. The van der Waals surface area contributed by atoms with Crippen molar-refractivity contribution in [3.8, 4) is 0 Å². The zero-order valence-corrected chi connectivity index (χ0v) is 9.78. The van der Waals surface area contributed by atoms with Gasteiger partial charge in [-0.2, -0.15) is 0 Å². The molecule has 0 spiro atoms. The minimum absolute atomic E-state index is 0.0166. The Morgan fingerprint density at radius 3 is 2.87 bits per heavy atom. The summed E-state index contributed by atoms with van der Waals surface area (Å²) in [5, 5.41) is 0. The molecular formula is C12H22N2O. The Morgan fingerprint density at radius 2 is 2.27 bits per heavy atom. The standard InChI is InChI=1S/C12H22N2O/c1-12(2)9-14(5-6-15-12)8-10-3-4-11(13)7-10/h3-4,10-11H,5-9,13H2,1-2H3. The van der Waals surface area contributed by atoms with Crippen LogP contribution in [-0.4, -0.2) is 42.8 Å². The average molecular weight is 210 g/mol. The van der Waals surface area contributed by atoms with Gasteiger partial charge in [0, 0.05) is 25.7 Å². The van der Waals surface area contributed by atoms with E-state index in [2.05, 4.69) is 30.9 Å². The first-order chi connectivity index (χ1) is 7.05.